The first-order valence-electron chi connectivity index (χ1n) is 7.98. The number of fused-ring (bicyclic) bond motifs is 1. The lowest BCUT2D eigenvalue weighted by molar-refractivity contribution is 0.0301. The van der Waals surface area contributed by atoms with E-state index in [1.54, 1.807) is 6.26 Å². The Balaban J connectivity index is 1.63. The molecule has 0 saturated carbocycles. The molecule has 1 aromatic carbocycles. The van der Waals surface area contributed by atoms with Crippen molar-refractivity contribution < 1.29 is 13.9 Å². The van der Waals surface area contributed by atoms with Crippen molar-refractivity contribution in [1.29, 1.82) is 0 Å². The van der Waals surface area contributed by atoms with Gasteiger partial charge in [-0.2, -0.15) is 11.8 Å². The van der Waals surface area contributed by atoms with E-state index in [4.69, 9.17) is 9.15 Å². The lowest BCUT2D eigenvalue weighted by Crippen LogP contribution is -2.54. The summed E-state index contributed by atoms with van der Waals surface area (Å²) in [5, 5.41) is 0.386. The van der Waals surface area contributed by atoms with Gasteiger partial charge in [-0.1, -0.05) is 30.3 Å². The molecule has 23 heavy (non-hydrogen) atoms. The van der Waals surface area contributed by atoms with Crippen molar-refractivity contribution in [2.24, 2.45) is 0 Å². The zero-order chi connectivity index (χ0) is 15.6. The van der Waals surface area contributed by atoms with E-state index < -0.39 is 0 Å². The molecule has 3 heterocycles. The molecule has 1 aromatic heterocycles. The second kappa shape index (κ2) is 6.42. The van der Waals surface area contributed by atoms with E-state index >= 15 is 0 Å². The van der Waals surface area contributed by atoms with Crippen LogP contribution >= 0.6 is 11.8 Å². The molecule has 120 valence electrons. The van der Waals surface area contributed by atoms with Crippen molar-refractivity contribution in [3.8, 4) is 11.1 Å². The van der Waals surface area contributed by atoms with E-state index in [0.29, 0.717) is 11.0 Å². The predicted octanol–water partition coefficient (Wildman–Crippen LogP) is 3.29. The fourth-order valence-electron chi connectivity index (χ4n) is 3.39. The number of amides is 1. The molecule has 4 rings (SSSR count). The molecule has 0 aliphatic carbocycles. The van der Waals surface area contributed by atoms with Crippen LogP contribution in [0.4, 0.5) is 0 Å². The quantitative estimate of drug-likeness (QED) is 0.848. The zero-order valence-electron chi connectivity index (χ0n) is 12.8. The number of carbonyl (C=O) groups excluding carboxylic acids is 1. The van der Waals surface area contributed by atoms with Crippen molar-refractivity contribution in [2.75, 3.05) is 25.5 Å². The Morgan fingerprint density at radius 2 is 2.09 bits per heavy atom. The highest BCUT2D eigenvalue weighted by Gasteiger charge is 2.38. The number of carbonyl (C=O) groups is 1. The summed E-state index contributed by atoms with van der Waals surface area (Å²) < 4.78 is 11.2. The molecular weight excluding hydrogens is 310 g/mol. The Morgan fingerprint density at radius 3 is 2.96 bits per heavy atom. The smallest absolute Gasteiger partial charge is 0.290 e. The second-order valence-electron chi connectivity index (χ2n) is 5.87. The Kier molecular flexibility index (Phi) is 4.14. The third kappa shape index (κ3) is 2.79. The number of nitrogens with zero attached hydrogens (tertiary/aromatic N) is 1. The molecule has 2 atom stereocenters. The van der Waals surface area contributed by atoms with Gasteiger partial charge in [0, 0.05) is 35.8 Å². The first-order valence-corrected chi connectivity index (χ1v) is 9.02. The van der Waals surface area contributed by atoms with E-state index in [1.165, 1.54) is 0 Å². The Hall–Kier alpha value is -1.72. The normalized spacial score (nSPS) is 24.3. The molecule has 2 fully saturated rings. The van der Waals surface area contributed by atoms with Crippen LogP contribution in [0.2, 0.25) is 0 Å². The minimum atomic E-state index is 0.00560. The largest absolute Gasteiger partial charge is 0.459 e. The van der Waals surface area contributed by atoms with Crippen LogP contribution in [0.3, 0.4) is 0 Å². The van der Waals surface area contributed by atoms with Crippen LogP contribution in [0, 0.1) is 0 Å². The first-order chi connectivity index (χ1) is 11.3. The van der Waals surface area contributed by atoms with Crippen LogP contribution in [0.5, 0.6) is 0 Å². The Labute approximate surface area is 139 Å². The Morgan fingerprint density at radius 1 is 1.22 bits per heavy atom. The maximum absolute atomic E-state index is 13.1. The summed E-state index contributed by atoms with van der Waals surface area (Å²) in [6, 6.07) is 12.1. The summed E-state index contributed by atoms with van der Waals surface area (Å²) in [5.41, 5.74) is 1.89. The van der Waals surface area contributed by atoms with Gasteiger partial charge < -0.3 is 14.1 Å². The van der Waals surface area contributed by atoms with Gasteiger partial charge in [0.15, 0.2) is 5.76 Å². The summed E-state index contributed by atoms with van der Waals surface area (Å²) in [6.45, 7) is 2.25. The number of furan rings is 1. The van der Waals surface area contributed by atoms with Crippen LogP contribution in [0.1, 0.15) is 17.0 Å². The predicted molar refractivity (Wildman–Crippen MR) is 90.7 cm³/mol. The number of hydrogen-bond acceptors (Lipinski definition) is 4. The number of benzene rings is 1. The van der Waals surface area contributed by atoms with Crippen molar-refractivity contribution in [1.82, 2.24) is 4.90 Å². The SMILES string of the molecule is O=C(c1occc1-c1ccccc1)N1CCS[C@H]2COCC[C@H]21. The standard InChI is InChI=1S/C18H19NO3S/c20-18(19-8-11-23-16-12-21-9-7-15(16)19)17-14(6-10-22-17)13-4-2-1-3-5-13/h1-6,10,15-16H,7-9,11-12H2/t15-,16+/m1/s1. The summed E-state index contributed by atoms with van der Waals surface area (Å²) >= 11 is 1.92. The molecule has 0 radical (unpaired) electrons. The van der Waals surface area contributed by atoms with Gasteiger partial charge in [0.2, 0.25) is 0 Å². The van der Waals surface area contributed by atoms with E-state index in [-0.39, 0.29) is 11.9 Å². The molecule has 0 bridgehead atoms. The summed E-state index contributed by atoms with van der Waals surface area (Å²) in [4.78, 5) is 15.1. The van der Waals surface area contributed by atoms with Crippen LogP contribution in [0.25, 0.3) is 11.1 Å². The van der Waals surface area contributed by atoms with Gasteiger partial charge >= 0.3 is 0 Å². The minimum absolute atomic E-state index is 0.00560. The van der Waals surface area contributed by atoms with Gasteiger partial charge in [-0.05, 0) is 18.1 Å². The van der Waals surface area contributed by atoms with Gasteiger partial charge in [0.1, 0.15) is 0 Å². The number of rotatable bonds is 2. The second-order valence-corrected chi connectivity index (χ2v) is 7.22. The summed E-state index contributed by atoms with van der Waals surface area (Å²) in [7, 11) is 0. The van der Waals surface area contributed by atoms with Gasteiger partial charge in [-0.25, -0.2) is 0 Å². The molecule has 2 aliphatic heterocycles. The molecule has 0 spiro atoms. The maximum Gasteiger partial charge on any atom is 0.290 e. The molecular formula is C18H19NO3S. The van der Waals surface area contributed by atoms with Gasteiger partial charge in [0.05, 0.1) is 12.9 Å². The number of hydrogen-bond donors (Lipinski definition) is 0. The van der Waals surface area contributed by atoms with Crippen LogP contribution in [0.15, 0.2) is 47.1 Å². The zero-order valence-corrected chi connectivity index (χ0v) is 13.6. The number of ether oxygens (including phenoxy) is 1. The molecule has 2 saturated heterocycles. The lowest BCUT2D eigenvalue weighted by Gasteiger charge is -2.43. The van der Waals surface area contributed by atoms with Crippen molar-refractivity contribution in [3.05, 3.63) is 48.4 Å². The monoisotopic (exact) mass is 329 g/mol. The van der Waals surface area contributed by atoms with Crippen LogP contribution in [-0.2, 0) is 4.74 Å². The fourth-order valence-corrected chi connectivity index (χ4v) is 4.69. The van der Waals surface area contributed by atoms with E-state index in [0.717, 1.165) is 43.1 Å². The van der Waals surface area contributed by atoms with Crippen molar-refractivity contribution in [3.63, 3.8) is 0 Å². The van der Waals surface area contributed by atoms with Crippen molar-refractivity contribution in [2.45, 2.75) is 17.7 Å². The third-order valence-corrected chi connectivity index (χ3v) is 5.84. The van der Waals surface area contributed by atoms with Crippen LogP contribution in [-0.4, -0.2) is 47.6 Å². The van der Waals surface area contributed by atoms with Crippen LogP contribution < -0.4 is 0 Å². The lowest BCUT2D eigenvalue weighted by atomic mass is 10.0. The average Bonchev–Trinajstić information content (AvgIpc) is 3.11. The topological polar surface area (TPSA) is 42.7 Å². The molecule has 2 aliphatic rings. The highest BCUT2D eigenvalue weighted by Crippen LogP contribution is 2.33. The summed E-state index contributed by atoms with van der Waals surface area (Å²) in [6.07, 6.45) is 2.51. The van der Waals surface area contributed by atoms with E-state index in [1.807, 2.05) is 53.1 Å². The molecule has 1 amide bonds. The van der Waals surface area contributed by atoms with E-state index in [9.17, 15) is 4.79 Å². The molecule has 5 heteroatoms. The highest BCUT2D eigenvalue weighted by atomic mass is 32.2. The summed E-state index contributed by atoms with van der Waals surface area (Å²) in [5.74, 6) is 1.41. The molecule has 0 N–H and O–H groups in total. The molecule has 4 nitrogen and oxygen atoms in total. The van der Waals surface area contributed by atoms with Crippen molar-refractivity contribution >= 4 is 17.7 Å². The van der Waals surface area contributed by atoms with E-state index in [2.05, 4.69) is 0 Å². The third-order valence-electron chi connectivity index (χ3n) is 4.54. The van der Waals surface area contributed by atoms with Gasteiger partial charge in [0.25, 0.3) is 5.91 Å². The Bertz CT molecular complexity index is 683. The number of thioether (sulfide) groups is 1. The van der Waals surface area contributed by atoms with Gasteiger partial charge in [-0.3, -0.25) is 4.79 Å². The first kappa shape index (κ1) is 14.8. The fraction of sp³-hybridized carbons (Fsp3) is 0.389. The molecule has 0 unspecified atom stereocenters. The maximum atomic E-state index is 13.1. The molecule has 2 aromatic rings. The minimum Gasteiger partial charge on any atom is -0.459 e. The average molecular weight is 329 g/mol. The van der Waals surface area contributed by atoms with Gasteiger partial charge in [-0.15, -0.1) is 0 Å². The highest BCUT2D eigenvalue weighted by molar-refractivity contribution is 8.00.